The molecule has 0 bridgehead atoms. The van der Waals surface area contributed by atoms with Crippen LogP contribution in [0.4, 0.5) is 0 Å². The zero-order chi connectivity index (χ0) is 18.0. The van der Waals surface area contributed by atoms with E-state index in [9.17, 15) is 13.2 Å². The summed E-state index contributed by atoms with van der Waals surface area (Å²) in [5, 5.41) is 3.14. The Bertz CT molecular complexity index is 681. The number of amides is 1. The number of benzene rings is 1. The Morgan fingerprint density at radius 3 is 2.16 bits per heavy atom. The van der Waals surface area contributed by atoms with Gasteiger partial charge in [0.1, 0.15) is 0 Å². The summed E-state index contributed by atoms with van der Waals surface area (Å²) >= 11 is 0. The van der Waals surface area contributed by atoms with Gasteiger partial charge in [-0.05, 0) is 43.0 Å². The maximum absolute atomic E-state index is 13.0. The molecule has 25 heavy (non-hydrogen) atoms. The summed E-state index contributed by atoms with van der Waals surface area (Å²) in [5.41, 5.74) is 2.26. The Kier molecular flexibility index (Phi) is 7.47. The second-order valence-corrected chi connectivity index (χ2v) is 9.40. The lowest BCUT2D eigenvalue weighted by Crippen LogP contribution is -2.57. The minimum absolute atomic E-state index is 0. The summed E-state index contributed by atoms with van der Waals surface area (Å²) < 4.78 is 23.4. The highest BCUT2D eigenvalue weighted by Gasteiger charge is 2.49. The number of nitrogens with zero attached hydrogens (tertiary/aromatic N) is 1. The molecule has 0 saturated carbocycles. The molecule has 142 valence electrons. The van der Waals surface area contributed by atoms with Crippen LogP contribution in [0.1, 0.15) is 43.7 Å². The topological polar surface area (TPSA) is 66.5 Å². The summed E-state index contributed by atoms with van der Waals surface area (Å²) in [7, 11) is -1.79. The molecule has 0 unspecified atom stereocenters. The third kappa shape index (κ3) is 4.74. The molecule has 0 aromatic heterocycles. The third-order valence-electron chi connectivity index (χ3n) is 4.92. The number of rotatable bonds is 5. The molecule has 1 aromatic rings. The van der Waals surface area contributed by atoms with Crippen molar-refractivity contribution in [3.8, 4) is 0 Å². The zero-order valence-corrected chi connectivity index (χ0v) is 17.0. The van der Waals surface area contributed by atoms with Crippen molar-refractivity contribution in [2.75, 3.05) is 26.4 Å². The van der Waals surface area contributed by atoms with Gasteiger partial charge in [0.15, 0.2) is 14.6 Å². The SMILES string of the molecule is CC(C)c1ccc(CN(C)C(=O)C2(S(C)(=O)=O)CCNCC2)cc1.Cl. The Labute approximate surface area is 157 Å². The van der Waals surface area contributed by atoms with Gasteiger partial charge < -0.3 is 10.2 Å². The maximum atomic E-state index is 13.0. The van der Waals surface area contributed by atoms with Gasteiger partial charge in [-0.25, -0.2) is 8.42 Å². The molecule has 1 aliphatic rings. The Hall–Kier alpha value is -1.11. The van der Waals surface area contributed by atoms with E-state index in [2.05, 4.69) is 31.3 Å². The summed E-state index contributed by atoms with van der Waals surface area (Å²) in [5.74, 6) is 0.168. The van der Waals surface area contributed by atoms with Crippen LogP contribution in [0.25, 0.3) is 0 Å². The Morgan fingerprint density at radius 1 is 1.20 bits per heavy atom. The van der Waals surface area contributed by atoms with Crippen LogP contribution in [0.3, 0.4) is 0 Å². The number of piperidine rings is 1. The van der Waals surface area contributed by atoms with Crippen LogP contribution < -0.4 is 5.32 Å². The monoisotopic (exact) mass is 388 g/mol. The van der Waals surface area contributed by atoms with E-state index in [4.69, 9.17) is 0 Å². The first kappa shape index (κ1) is 21.9. The van der Waals surface area contributed by atoms with Crippen molar-refractivity contribution in [3.63, 3.8) is 0 Å². The van der Waals surface area contributed by atoms with E-state index in [1.807, 2.05) is 12.1 Å². The van der Waals surface area contributed by atoms with Gasteiger partial charge in [-0.1, -0.05) is 38.1 Å². The molecule has 1 amide bonds. The predicted octanol–water partition coefficient (Wildman–Crippen LogP) is 2.36. The molecule has 1 aliphatic heterocycles. The van der Waals surface area contributed by atoms with Gasteiger partial charge >= 0.3 is 0 Å². The highest BCUT2D eigenvalue weighted by atomic mass is 35.5. The van der Waals surface area contributed by atoms with Crippen molar-refractivity contribution >= 4 is 28.2 Å². The molecule has 1 N–H and O–H groups in total. The molecule has 1 aromatic carbocycles. The minimum atomic E-state index is -3.47. The predicted molar refractivity (Wildman–Crippen MR) is 104 cm³/mol. The highest BCUT2D eigenvalue weighted by Crippen LogP contribution is 2.30. The second-order valence-electron chi connectivity index (χ2n) is 7.07. The lowest BCUT2D eigenvalue weighted by atomic mass is 9.95. The molecular weight excluding hydrogens is 360 g/mol. The van der Waals surface area contributed by atoms with Crippen molar-refractivity contribution in [3.05, 3.63) is 35.4 Å². The molecule has 2 rings (SSSR count). The van der Waals surface area contributed by atoms with E-state index in [1.54, 1.807) is 11.9 Å². The smallest absolute Gasteiger partial charge is 0.244 e. The van der Waals surface area contributed by atoms with Crippen molar-refractivity contribution in [2.45, 2.75) is 43.9 Å². The summed E-state index contributed by atoms with van der Waals surface area (Å²) in [6.07, 6.45) is 1.85. The van der Waals surface area contributed by atoms with E-state index >= 15 is 0 Å². The first-order valence-electron chi connectivity index (χ1n) is 8.42. The van der Waals surface area contributed by atoms with E-state index in [0.717, 1.165) is 5.56 Å². The van der Waals surface area contributed by atoms with Crippen molar-refractivity contribution in [1.29, 1.82) is 0 Å². The number of sulfone groups is 1. The quantitative estimate of drug-likeness (QED) is 0.840. The summed E-state index contributed by atoms with van der Waals surface area (Å²) in [4.78, 5) is 14.5. The van der Waals surface area contributed by atoms with Crippen molar-refractivity contribution in [1.82, 2.24) is 10.2 Å². The maximum Gasteiger partial charge on any atom is 0.244 e. The largest absolute Gasteiger partial charge is 0.340 e. The van der Waals surface area contributed by atoms with Crippen LogP contribution in [-0.4, -0.2) is 50.4 Å². The standard InChI is InChI=1S/C18H28N2O3S.ClH/c1-14(2)16-7-5-15(6-8-16)13-20(3)17(21)18(24(4,22)23)9-11-19-12-10-18;/h5-8,14,19H,9-13H2,1-4H3;1H. The second kappa shape index (κ2) is 8.52. The molecule has 0 aliphatic carbocycles. The summed E-state index contributed by atoms with van der Waals surface area (Å²) in [6.45, 7) is 5.79. The van der Waals surface area contributed by atoms with E-state index in [-0.39, 0.29) is 18.3 Å². The van der Waals surface area contributed by atoms with Crippen molar-refractivity contribution < 1.29 is 13.2 Å². The molecule has 0 radical (unpaired) electrons. The van der Waals surface area contributed by atoms with Gasteiger partial charge in [0.2, 0.25) is 5.91 Å². The fourth-order valence-corrected chi connectivity index (χ4v) is 4.69. The first-order valence-corrected chi connectivity index (χ1v) is 10.3. The minimum Gasteiger partial charge on any atom is -0.340 e. The van der Waals surface area contributed by atoms with E-state index < -0.39 is 14.6 Å². The van der Waals surface area contributed by atoms with Crippen LogP contribution in [0.5, 0.6) is 0 Å². The zero-order valence-electron chi connectivity index (χ0n) is 15.4. The average molecular weight is 389 g/mol. The molecular formula is C18H29ClN2O3S. The lowest BCUT2D eigenvalue weighted by Gasteiger charge is -2.37. The summed E-state index contributed by atoms with van der Waals surface area (Å²) in [6, 6.07) is 8.15. The van der Waals surface area contributed by atoms with Gasteiger partial charge in [0.25, 0.3) is 0 Å². The number of hydrogen-bond acceptors (Lipinski definition) is 4. The van der Waals surface area contributed by atoms with Gasteiger partial charge in [0.05, 0.1) is 0 Å². The molecule has 0 spiro atoms. The normalized spacial score (nSPS) is 17.0. The highest BCUT2D eigenvalue weighted by molar-refractivity contribution is 7.92. The molecule has 5 nitrogen and oxygen atoms in total. The number of carbonyl (C=O) groups excluding carboxylic acids is 1. The number of halogens is 1. The number of carbonyl (C=O) groups is 1. The molecule has 1 fully saturated rings. The number of hydrogen-bond donors (Lipinski definition) is 1. The van der Waals surface area contributed by atoms with Gasteiger partial charge in [-0.2, -0.15) is 0 Å². The fraction of sp³-hybridized carbons (Fsp3) is 0.611. The van der Waals surface area contributed by atoms with Gasteiger partial charge in [-0.15, -0.1) is 12.4 Å². The molecule has 1 heterocycles. The van der Waals surface area contributed by atoms with Gasteiger partial charge in [-0.3, -0.25) is 4.79 Å². The Morgan fingerprint density at radius 2 is 1.72 bits per heavy atom. The lowest BCUT2D eigenvalue weighted by molar-refractivity contribution is -0.134. The van der Waals surface area contributed by atoms with Crippen LogP contribution >= 0.6 is 12.4 Å². The van der Waals surface area contributed by atoms with Crippen molar-refractivity contribution in [2.24, 2.45) is 0 Å². The third-order valence-corrected chi connectivity index (χ3v) is 6.93. The molecule has 1 saturated heterocycles. The van der Waals surface area contributed by atoms with Gasteiger partial charge in [0, 0.05) is 19.8 Å². The van der Waals surface area contributed by atoms with Crippen LogP contribution in [0, 0.1) is 0 Å². The van der Waals surface area contributed by atoms with E-state index in [0.29, 0.717) is 38.4 Å². The fourth-order valence-electron chi connectivity index (χ4n) is 3.28. The van der Waals surface area contributed by atoms with E-state index in [1.165, 1.54) is 11.8 Å². The molecule has 0 atom stereocenters. The molecule has 7 heteroatoms. The number of nitrogens with one attached hydrogen (secondary N) is 1. The van der Waals surface area contributed by atoms with Crippen LogP contribution in [-0.2, 0) is 21.2 Å². The average Bonchev–Trinajstić information content (AvgIpc) is 2.54. The van der Waals surface area contributed by atoms with Crippen LogP contribution in [0.2, 0.25) is 0 Å². The first-order chi connectivity index (χ1) is 11.2. The Balaban J connectivity index is 0.00000312. The van der Waals surface area contributed by atoms with Crippen LogP contribution in [0.15, 0.2) is 24.3 Å².